The van der Waals surface area contributed by atoms with Gasteiger partial charge in [-0.05, 0) is 38.3 Å². The Labute approximate surface area is 90.4 Å². The van der Waals surface area contributed by atoms with E-state index in [4.69, 9.17) is 4.74 Å². The fourth-order valence-electron chi connectivity index (χ4n) is 1.34. The van der Waals surface area contributed by atoms with Crippen LogP contribution in [0.5, 0.6) is 0 Å². The third-order valence-corrected chi connectivity index (χ3v) is 2.06. The lowest BCUT2D eigenvalue weighted by atomic mass is 10.1. The van der Waals surface area contributed by atoms with Crippen molar-refractivity contribution in [3.63, 3.8) is 0 Å². The molecule has 82 valence electrons. The number of ether oxygens (including phenoxy) is 2. The van der Waals surface area contributed by atoms with Gasteiger partial charge in [-0.15, -0.1) is 0 Å². The Kier molecular flexibility index (Phi) is 5.57. The predicted molar refractivity (Wildman–Crippen MR) is 57.1 cm³/mol. The fourth-order valence-corrected chi connectivity index (χ4v) is 1.34. The number of carbonyl (C=O) groups is 1. The van der Waals surface area contributed by atoms with E-state index in [9.17, 15) is 4.79 Å². The highest BCUT2D eigenvalue weighted by molar-refractivity contribution is 5.88. The molecule has 1 fully saturated rings. The van der Waals surface area contributed by atoms with Crippen molar-refractivity contribution in [3.8, 4) is 11.8 Å². The molecule has 1 unspecified atom stereocenters. The molecule has 1 aliphatic rings. The normalized spacial score (nSPS) is 20.7. The smallest absolute Gasteiger partial charge is 0.384 e. The lowest BCUT2D eigenvalue weighted by Gasteiger charge is -2.18. The monoisotopic (exact) mass is 208 g/mol. The molecule has 0 spiro atoms. The molecule has 0 bridgehead atoms. The van der Waals surface area contributed by atoms with Crippen molar-refractivity contribution in [2.75, 3.05) is 13.2 Å². The fraction of sp³-hybridized carbons (Fsp3) is 0.583. The Morgan fingerprint density at radius 2 is 2.47 bits per heavy atom. The van der Waals surface area contributed by atoms with Crippen LogP contribution in [0, 0.1) is 11.8 Å². The number of allylic oxidation sites excluding steroid dienone is 1. The summed E-state index contributed by atoms with van der Waals surface area (Å²) in [6, 6.07) is 0. The molecule has 1 aliphatic heterocycles. The molecule has 0 radical (unpaired) electrons. The maximum atomic E-state index is 10.8. The average molecular weight is 208 g/mol. The van der Waals surface area contributed by atoms with Gasteiger partial charge in [0.1, 0.15) is 0 Å². The summed E-state index contributed by atoms with van der Waals surface area (Å²) in [5.41, 5.74) is 0. The topological polar surface area (TPSA) is 35.5 Å². The van der Waals surface area contributed by atoms with Crippen molar-refractivity contribution < 1.29 is 14.3 Å². The molecular formula is C12H16O3. The summed E-state index contributed by atoms with van der Waals surface area (Å²) >= 11 is 0. The van der Waals surface area contributed by atoms with Crippen LogP contribution in [0.1, 0.15) is 26.2 Å². The van der Waals surface area contributed by atoms with E-state index in [1.54, 1.807) is 13.0 Å². The van der Waals surface area contributed by atoms with Crippen molar-refractivity contribution in [1.29, 1.82) is 0 Å². The highest BCUT2D eigenvalue weighted by Gasteiger charge is 2.09. The highest BCUT2D eigenvalue weighted by Crippen LogP contribution is 2.13. The van der Waals surface area contributed by atoms with Crippen molar-refractivity contribution >= 4 is 5.97 Å². The van der Waals surface area contributed by atoms with Crippen LogP contribution in [0.4, 0.5) is 0 Å². The second kappa shape index (κ2) is 7.08. The van der Waals surface area contributed by atoms with Crippen molar-refractivity contribution in [2.45, 2.75) is 32.3 Å². The lowest BCUT2D eigenvalue weighted by molar-refractivity contribution is -0.136. The zero-order chi connectivity index (χ0) is 10.9. The van der Waals surface area contributed by atoms with E-state index in [0.717, 1.165) is 19.4 Å². The number of esters is 1. The van der Waals surface area contributed by atoms with Crippen LogP contribution in [-0.4, -0.2) is 25.3 Å². The first kappa shape index (κ1) is 11.8. The molecule has 0 aromatic heterocycles. The van der Waals surface area contributed by atoms with Gasteiger partial charge >= 0.3 is 5.97 Å². The SMILES string of the molecule is CCOC(=O)C#C/C=C/C1CCCCO1. The van der Waals surface area contributed by atoms with Crippen LogP contribution in [0.3, 0.4) is 0 Å². The van der Waals surface area contributed by atoms with Gasteiger partial charge in [-0.3, -0.25) is 0 Å². The minimum absolute atomic E-state index is 0.162. The van der Waals surface area contributed by atoms with Gasteiger partial charge in [0.25, 0.3) is 0 Å². The van der Waals surface area contributed by atoms with Crippen LogP contribution in [0.15, 0.2) is 12.2 Å². The van der Waals surface area contributed by atoms with Gasteiger partial charge in [0.2, 0.25) is 0 Å². The summed E-state index contributed by atoms with van der Waals surface area (Å²) in [6.07, 6.45) is 7.09. The summed E-state index contributed by atoms with van der Waals surface area (Å²) in [5.74, 6) is 4.52. The number of carbonyl (C=O) groups excluding carboxylic acids is 1. The first-order valence-electron chi connectivity index (χ1n) is 5.29. The summed E-state index contributed by atoms with van der Waals surface area (Å²) in [5, 5.41) is 0. The van der Waals surface area contributed by atoms with E-state index in [-0.39, 0.29) is 6.10 Å². The van der Waals surface area contributed by atoms with Gasteiger partial charge in [-0.1, -0.05) is 5.92 Å². The van der Waals surface area contributed by atoms with Crippen molar-refractivity contribution in [3.05, 3.63) is 12.2 Å². The molecule has 0 aromatic rings. The Morgan fingerprint density at radius 3 is 3.13 bits per heavy atom. The molecule has 0 N–H and O–H groups in total. The lowest BCUT2D eigenvalue weighted by Crippen LogP contribution is -2.15. The van der Waals surface area contributed by atoms with E-state index in [1.807, 2.05) is 6.08 Å². The summed E-state index contributed by atoms with van der Waals surface area (Å²) in [6.45, 7) is 2.94. The largest absolute Gasteiger partial charge is 0.456 e. The van der Waals surface area contributed by atoms with Gasteiger partial charge < -0.3 is 9.47 Å². The van der Waals surface area contributed by atoms with E-state index in [1.165, 1.54) is 6.42 Å². The third kappa shape index (κ3) is 5.24. The van der Waals surface area contributed by atoms with Crippen LogP contribution in [-0.2, 0) is 14.3 Å². The second-order valence-corrected chi connectivity index (χ2v) is 3.25. The van der Waals surface area contributed by atoms with E-state index < -0.39 is 5.97 Å². The number of hydrogen-bond donors (Lipinski definition) is 0. The second-order valence-electron chi connectivity index (χ2n) is 3.25. The Bertz CT molecular complexity index is 277. The van der Waals surface area contributed by atoms with E-state index in [0.29, 0.717) is 6.61 Å². The maximum absolute atomic E-state index is 10.8. The van der Waals surface area contributed by atoms with Crippen LogP contribution >= 0.6 is 0 Å². The first-order valence-corrected chi connectivity index (χ1v) is 5.29. The van der Waals surface area contributed by atoms with Crippen LogP contribution in [0.25, 0.3) is 0 Å². The first-order chi connectivity index (χ1) is 7.33. The minimum Gasteiger partial charge on any atom is -0.456 e. The van der Waals surface area contributed by atoms with Gasteiger partial charge in [0, 0.05) is 12.5 Å². The van der Waals surface area contributed by atoms with Crippen molar-refractivity contribution in [2.24, 2.45) is 0 Å². The predicted octanol–water partition coefficient (Wildman–Crippen LogP) is 1.68. The molecule has 1 atom stereocenters. The molecule has 1 heterocycles. The quantitative estimate of drug-likeness (QED) is 0.393. The number of rotatable bonds is 2. The maximum Gasteiger partial charge on any atom is 0.384 e. The number of hydrogen-bond acceptors (Lipinski definition) is 3. The summed E-state index contributed by atoms with van der Waals surface area (Å²) in [7, 11) is 0. The molecule has 0 aromatic carbocycles. The zero-order valence-corrected chi connectivity index (χ0v) is 8.99. The summed E-state index contributed by atoms with van der Waals surface area (Å²) in [4.78, 5) is 10.8. The third-order valence-electron chi connectivity index (χ3n) is 2.06. The molecule has 3 heteroatoms. The molecule has 1 saturated heterocycles. The van der Waals surface area contributed by atoms with Crippen molar-refractivity contribution in [1.82, 2.24) is 0 Å². The molecule has 15 heavy (non-hydrogen) atoms. The van der Waals surface area contributed by atoms with Gasteiger partial charge in [0.15, 0.2) is 0 Å². The molecular weight excluding hydrogens is 192 g/mol. The van der Waals surface area contributed by atoms with Gasteiger partial charge in [0.05, 0.1) is 12.7 Å². The van der Waals surface area contributed by atoms with E-state index >= 15 is 0 Å². The van der Waals surface area contributed by atoms with E-state index in [2.05, 4.69) is 16.6 Å². The standard InChI is InChI=1S/C12H16O3/c1-2-14-12(13)9-4-3-7-11-8-5-6-10-15-11/h3,7,11H,2,5-6,8,10H2,1H3/b7-3+. The molecule has 3 nitrogen and oxygen atoms in total. The Hall–Kier alpha value is -1.27. The van der Waals surface area contributed by atoms with Crippen LogP contribution < -0.4 is 0 Å². The highest BCUT2D eigenvalue weighted by atomic mass is 16.5. The molecule has 1 rings (SSSR count). The Morgan fingerprint density at radius 1 is 1.60 bits per heavy atom. The molecule has 0 amide bonds. The van der Waals surface area contributed by atoms with Gasteiger partial charge in [-0.25, -0.2) is 4.79 Å². The van der Waals surface area contributed by atoms with Gasteiger partial charge in [-0.2, -0.15) is 0 Å². The Balaban J connectivity index is 2.27. The summed E-state index contributed by atoms with van der Waals surface area (Å²) < 4.78 is 10.1. The van der Waals surface area contributed by atoms with Crippen LogP contribution in [0.2, 0.25) is 0 Å². The zero-order valence-electron chi connectivity index (χ0n) is 8.99. The average Bonchev–Trinajstić information content (AvgIpc) is 2.26. The molecule has 0 aliphatic carbocycles. The minimum atomic E-state index is -0.480. The molecule has 0 saturated carbocycles.